The highest BCUT2D eigenvalue weighted by Gasteiger charge is 2.09. The molecule has 0 unspecified atom stereocenters. The van der Waals surface area contributed by atoms with Crippen LogP contribution >= 0.6 is 11.6 Å². The van der Waals surface area contributed by atoms with E-state index < -0.39 is 0 Å². The van der Waals surface area contributed by atoms with Crippen LogP contribution < -0.4 is 10.6 Å². The van der Waals surface area contributed by atoms with Gasteiger partial charge in [0, 0.05) is 29.1 Å². The molecule has 3 aromatic rings. The van der Waals surface area contributed by atoms with Crippen LogP contribution in [-0.2, 0) is 6.54 Å². The molecule has 2 N–H and O–H groups in total. The fraction of sp³-hybridized carbons (Fsp3) is 0.143. The highest BCUT2D eigenvalue weighted by Crippen LogP contribution is 2.16. The van der Waals surface area contributed by atoms with E-state index in [0.717, 1.165) is 22.5 Å². The first-order chi connectivity index (χ1) is 12.5. The Labute approximate surface area is 158 Å². The van der Waals surface area contributed by atoms with Gasteiger partial charge in [-0.3, -0.25) is 9.78 Å². The number of nitrogens with one attached hydrogen (secondary N) is 2. The van der Waals surface area contributed by atoms with Gasteiger partial charge in [-0.05, 0) is 66.9 Å². The van der Waals surface area contributed by atoms with Crippen molar-refractivity contribution in [1.82, 2.24) is 4.98 Å². The summed E-state index contributed by atoms with van der Waals surface area (Å²) in [5, 5.41) is 6.89. The Bertz CT molecular complexity index is 923. The van der Waals surface area contributed by atoms with Crippen molar-refractivity contribution in [2.24, 2.45) is 0 Å². The van der Waals surface area contributed by atoms with Crippen LogP contribution in [0.15, 0.2) is 60.8 Å². The van der Waals surface area contributed by atoms with E-state index in [0.29, 0.717) is 17.3 Å². The third-order valence-corrected chi connectivity index (χ3v) is 4.42. The molecule has 0 aliphatic rings. The zero-order valence-corrected chi connectivity index (χ0v) is 15.5. The Morgan fingerprint density at radius 2 is 1.73 bits per heavy atom. The van der Waals surface area contributed by atoms with E-state index in [1.54, 1.807) is 12.3 Å². The molecule has 0 saturated carbocycles. The molecule has 4 nitrogen and oxygen atoms in total. The Hall–Kier alpha value is -2.85. The molecule has 1 aromatic heterocycles. The summed E-state index contributed by atoms with van der Waals surface area (Å²) >= 11 is 5.90. The standard InChI is InChI=1S/C21H20ClN3O/c1-14-3-8-19(11-15(14)2)25-21(26)20-12-18(9-10-23-20)24-13-16-4-6-17(22)7-5-16/h3-12H,13H2,1-2H3,(H,23,24)(H,25,26). The van der Waals surface area contributed by atoms with Crippen molar-refractivity contribution < 1.29 is 4.79 Å². The Kier molecular flexibility index (Phi) is 5.54. The zero-order chi connectivity index (χ0) is 18.5. The van der Waals surface area contributed by atoms with Crippen LogP contribution in [0.25, 0.3) is 0 Å². The lowest BCUT2D eigenvalue weighted by molar-refractivity contribution is 0.102. The third kappa shape index (κ3) is 4.61. The number of aryl methyl sites for hydroxylation is 2. The van der Waals surface area contributed by atoms with Gasteiger partial charge in [0.05, 0.1) is 0 Å². The summed E-state index contributed by atoms with van der Waals surface area (Å²) in [5.41, 5.74) is 5.39. The number of halogens is 1. The van der Waals surface area contributed by atoms with Gasteiger partial charge < -0.3 is 10.6 Å². The molecule has 3 rings (SSSR count). The van der Waals surface area contributed by atoms with Crippen LogP contribution in [0.4, 0.5) is 11.4 Å². The smallest absolute Gasteiger partial charge is 0.274 e. The first-order valence-electron chi connectivity index (χ1n) is 8.34. The number of pyridine rings is 1. The van der Waals surface area contributed by atoms with Crippen LogP contribution in [-0.4, -0.2) is 10.9 Å². The number of benzene rings is 2. The average Bonchev–Trinajstić information content (AvgIpc) is 2.64. The summed E-state index contributed by atoms with van der Waals surface area (Å²) in [6, 6.07) is 17.0. The first-order valence-corrected chi connectivity index (χ1v) is 8.72. The predicted octanol–water partition coefficient (Wildman–Crippen LogP) is 5.22. The Morgan fingerprint density at radius 1 is 0.962 bits per heavy atom. The van der Waals surface area contributed by atoms with Crippen molar-refractivity contribution in [1.29, 1.82) is 0 Å². The van der Waals surface area contributed by atoms with Gasteiger partial charge in [0.1, 0.15) is 5.69 Å². The number of amides is 1. The van der Waals surface area contributed by atoms with E-state index in [-0.39, 0.29) is 5.91 Å². The molecule has 132 valence electrons. The minimum atomic E-state index is -0.233. The summed E-state index contributed by atoms with van der Waals surface area (Å²) in [4.78, 5) is 16.6. The van der Waals surface area contributed by atoms with Crippen LogP contribution in [0.1, 0.15) is 27.2 Å². The summed E-state index contributed by atoms with van der Waals surface area (Å²) in [6.45, 7) is 4.70. The highest BCUT2D eigenvalue weighted by molar-refractivity contribution is 6.30. The normalized spacial score (nSPS) is 10.4. The molecule has 1 heterocycles. The van der Waals surface area contributed by atoms with E-state index in [4.69, 9.17) is 11.6 Å². The van der Waals surface area contributed by atoms with Gasteiger partial charge in [-0.1, -0.05) is 29.8 Å². The van der Waals surface area contributed by atoms with Gasteiger partial charge in [-0.15, -0.1) is 0 Å². The van der Waals surface area contributed by atoms with Gasteiger partial charge in [0.15, 0.2) is 0 Å². The maximum atomic E-state index is 12.5. The largest absolute Gasteiger partial charge is 0.381 e. The molecular weight excluding hydrogens is 346 g/mol. The molecule has 1 amide bonds. The average molecular weight is 366 g/mol. The SMILES string of the molecule is Cc1ccc(NC(=O)c2cc(NCc3ccc(Cl)cc3)ccn2)cc1C. The van der Waals surface area contributed by atoms with Crippen LogP contribution in [0, 0.1) is 13.8 Å². The molecule has 0 fully saturated rings. The lowest BCUT2D eigenvalue weighted by atomic mass is 10.1. The molecule has 0 saturated heterocycles. The van der Waals surface area contributed by atoms with Crippen LogP contribution in [0.3, 0.4) is 0 Å². The first kappa shape index (κ1) is 18.0. The van der Waals surface area contributed by atoms with E-state index in [1.165, 1.54) is 5.56 Å². The number of carbonyl (C=O) groups excluding carboxylic acids is 1. The molecule has 5 heteroatoms. The van der Waals surface area contributed by atoms with E-state index in [2.05, 4.69) is 15.6 Å². The number of anilines is 2. The van der Waals surface area contributed by atoms with Crippen molar-refractivity contribution in [2.45, 2.75) is 20.4 Å². The van der Waals surface area contributed by atoms with Crippen molar-refractivity contribution in [3.63, 3.8) is 0 Å². The molecule has 0 bridgehead atoms. The molecule has 0 atom stereocenters. The van der Waals surface area contributed by atoms with Crippen LogP contribution in [0.2, 0.25) is 5.02 Å². The third-order valence-electron chi connectivity index (χ3n) is 4.17. The summed E-state index contributed by atoms with van der Waals surface area (Å²) in [5.74, 6) is -0.233. The van der Waals surface area contributed by atoms with Gasteiger partial charge in [-0.2, -0.15) is 0 Å². The predicted molar refractivity (Wildman–Crippen MR) is 107 cm³/mol. The summed E-state index contributed by atoms with van der Waals surface area (Å²) < 4.78 is 0. The van der Waals surface area contributed by atoms with Crippen molar-refractivity contribution >= 4 is 28.9 Å². The molecule has 0 radical (unpaired) electrons. The summed E-state index contributed by atoms with van der Waals surface area (Å²) in [6.07, 6.45) is 1.62. The topological polar surface area (TPSA) is 54.0 Å². The minimum absolute atomic E-state index is 0.233. The van der Waals surface area contributed by atoms with Gasteiger partial charge in [0.2, 0.25) is 0 Å². The number of hydrogen-bond acceptors (Lipinski definition) is 3. The van der Waals surface area contributed by atoms with Crippen LogP contribution in [0.5, 0.6) is 0 Å². The second-order valence-electron chi connectivity index (χ2n) is 6.16. The van der Waals surface area contributed by atoms with E-state index >= 15 is 0 Å². The number of nitrogens with zero attached hydrogens (tertiary/aromatic N) is 1. The lowest BCUT2D eigenvalue weighted by Gasteiger charge is -2.10. The highest BCUT2D eigenvalue weighted by atomic mass is 35.5. The second-order valence-corrected chi connectivity index (χ2v) is 6.60. The quantitative estimate of drug-likeness (QED) is 0.652. The van der Waals surface area contributed by atoms with Gasteiger partial charge in [0.25, 0.3) is 5.91 Å². The van der Waals surface area contributed by atoms with Gasteiger partial charge >= 0.3 is 0 Å². The molecule has 0 aliphatic carbocycles. The number of hydrogen-bond donors (Lipinski definition) is 2. The molecule has 0 aliphatic heterocycles. The fourth-order valence-corrected chi connectivity index (χ4v) is 2.61. The Balaban J connectivity index is 1.66. The van der Waals surface area contributed by atoms with E-state index in [9.17, 15) is 4.79 Å². The minimum Gasteiger partial charge on any atom is -0.381 e. The Morgan fingerprint density at radius 3 is 2.46 bits per heavy atom. The fourth-order valence-electron chi connectivity index (χ4n) is 2.49. The maximum Gasteiger partial charge on any atom is 0.274 e. The molecule has 0 spiro atoms. The number of carbonyl (C=O) groups is 1. The molecule has 26 heavy (non-hydrogen) atoms. The lowest BCUT2D eigenvalue weighted by Crippen LogP contribution is -2.14. The maximum absolute atomic E-state index is 12.5. The second kappa shape index (κ2) is 8.02. The number of aromatic nitrogens is 1. The zero-order valence-electron chi connectivity index (χ0n) is 14.7. The number of rotatable bonds is 5. The van der Waals surface area contributed by atoms with Crippen molar-refractivity contribution in [2.75, 3.05) is 10.6 Å². The van der Waals surface area contributed by atoms with Crippen molar-refractivity contribution in [3.05, 3.63) is 88.2 Å². The monoisotopic (exact) mass is 365 g/mol. The van der Waals surface area contributed by atoms with Gasteiger partial charge in [-0.25, -0.2) is 0 Å². The molecular formula is C21H20ClN3O. The molecule has 2 aromatic carbocycles. The van der Waals surface area contributed by atoms with Crippen molar-refractivity contribution in [3.8, 4) is 0 Å². The summed E-state index contributed by atoms with van der Waals surface area (Å²) in [7, 11) is 0. The van der Waals surface area contributed by atoms with E-state index in [1.807, 2.05) is 62.4 Å².